The van der Waals surface area contributed by atoms with E-state index in [4.69, 9.17) is 0 Å². The molecule has 4 rings (SSSR count). The van der Waals surface area contributed by atoms with Gasteiger partial charge < -0.3 is 5.32 Å². The molecule has 1 aliphatic carbocycles. The number of unbranched alkanes of at least 4 members (excludes halogenated alkanes) is 6. The van der Waals surface area contributed by atoms with Crippen molar-refractivity contribution in [3.63, 3.8) is 0 Å². The van der Waals surface area contributed by atoms with Crippen LogP contribution in [0.25, 0.3) is 22.3 Å². The van der Waals surface area contributed by atoms with Crippen LogP contribution in [-0.2, 0) is 10.2 Å². The number of nitrogens with one attached hydrogen (secondary N) is 1. The molecule has 0 fully saturated rings. The van der Waals surface area contributed by atoms with E-state index in [0.717, 1.165) is 5.69 Å². The quantitative estimate of drug-likeness (QED) is 0.264. The highest BCUT2D eigenvalue weighted by molar-refractivity contribution is 5.89. The lowest BCUT2D eigenvalue weighted by molar-refractivity contribution is -0.114. The van der Waals surface area contributed by atoms with Crippen LogP contribution in [0.15, 0.2) is 66.7 Å². The van der Waals surface area contributed by atoms with Gasteiger partial charge in [0, 0.05) is 18.0 Å². The molecule has 3 aromatic carbocycles. The van der Waals surface area contributed by atoms with Gasteiger partial charge in [0.15, 0.2) is 0 Å². The Balaban J connectivity index is 1.74. The Morgan fingerprint density at radius 1 is 0.686 bits per heavy atom. The molecular weight excluding hydrogens is 426 g/mol. The van der Waals surface area contributed by atoms with Gasteiger partial charge in [0.25, 0.3) is 0 Å². The van der Waals surface area contributed by atoms with Crippen LogP contribution in [0.3, 0.4) is 0 Å². The molecule has 0 spiro atoms. The predicted octanol–water partition coefficient (Wildman–Crippen LogP) is 9.52. The topological polar surface area (TPSA) is 29.1 Å². The Labute approximate surface area is 212 Å². The number of fused-ring (bicyclic) bond motifs is 3. The SMILES string of the molecule is CCCCCCC1(CCCCCC)c2ccccc2-c2ccc(-c3ccc(NC(C)=O)cc3)cc21. The van der Waals surface area contributed by atoms with E-state index in [2.05, 4.69) is 73.8 Å². The molecule has 0 aromatic heterocycles. The summed E-state index contributed by atoms with van der Waals surface area (Å²) in [5.74, 6) is -0.0380. The summed E-state index contributed by atoms with van der Waals surface area (Å²) in [5, 5.41) is 2.88. The first kappa shape index (κ1) is 25.2. The highest BCUT2D eigenvalue weighted by Crippen LogP contribution is 2.54. The van der Waals surface area contributed by atoms with E-state index in [1.165, 1.54) is 92.0 Å². The maximum Gasteiger partial charge on any atom is 0.221 e. The highest BCUT2D eigenvalue weighted by atomic mass is 16.1. The van der Waals surface area contributed by atoms with Gasteiger partial charge >= 0.3 is 0 Å². The number of hydrogen-bond acceptors (Lipinski definition) is 1. The Morgan fingerprint density at radius 3 is 1.91 bits per heavy atom. The summed E-state index contributed by atoms with van der Waals surface area (Å²) in [6.07, 6.45) is 12.8. The zero-order valence-corrected chi connectivity index (χ0v) is 21.8. The van der Waals surface area contributed by atoms with Gasteiger partial charge in [-0.3, -0.25) is 4.79 Å². The summed E-state index contributed by atoms with van der Waals surface area (Å²) in [5.41, 5.74) is 9.33. The molecule has 2 nitrogen and oxygen atoms in total. The summed E-state index contributed by atoms with van der Waals surface area (Å²) in [6, 6.07) is 24.5. The summed E-state index contributed by atoms with van der Waals surface area (Å²) >= 11 is 0. The lowest BCUT2D eigenvalue weighted by Crippen LogP contribution is -2.25. The smallest absolute Gasteiger partial charge is 0.221 e. The standard InChI is InChI=1S/C33H41NO/c1-4-6-8-12-22-33(23-13-9-7-5-2)31-15-11-10-14-29(31)30-21-18-27(24-32(30)33)26-16-19-28(20-17-26)34-25(3)35/h10-11,14-21,24H,4-9,12-13,22-23H2,1-3H3,(H,34,35). The number of rotatable bonds is 12. The first-order valence-corrected chi connectivity index (χ1v) is 13.7. The number of anilines is 1. The van der Waals surface area contributed by atoms with Crippen molar-refractivity contribution >= 4 is 11.6 Å². The zero-order chi connectivity index (χ0) is 24.7. The van der Waals surface area contributed by atoms with Crippen LogP contribution < -0.4 is 5.32 Å². The minimum absolute atomic E-state index is 0.0380. The van der Waals surface area contributed by atoms with Gasteiger partial charge in [-0.2, -0.15) is 0 Å². The molecule has 184 valence electrons. The van der Waals surface area contributed by atoms with Gasteiger partial charge in [0.05, 0.1) is 0 Å². The second-order valence-electron chi connectivity index (χ2n) is 10.3. The van der Waals surface area contributed by atoms with Gasteiger partial charge in [-0.25, -0.2) is 0 Å². The fourth-order valence-corrected chi connectivity index (χ4v) is 5.96. The molecule has 0 saturated heterocycles. The molecule has 0 saturated carbocycles. The summed E-state index contributed by atoms with van der Waals surface area (Å²) < 4.78 is 0. The van der Waals surface area contributed by atoms with Gasteiger partial charge in [0.2, 0.25) is 5.91 Å². The second-order valence-corrected chi connectivity index (χ2v) is 10.3. The van der Waals surface area contributed by atoms with Crippen molar-refractivity contribution in [3.8, 4) is 22.3 Å². The lowest BCUT2D eigenvalue weighted by Gasteiger charge is -2.33. The van der Waals surface area contributed by atoms with E-state index in [1.807, 2.05) is 12.1 Å². The minimum Gasteiger partial charge on any atom is -0.326 e. The van der Waals surface area contributed by atoms with Crippen molar-refractivity contribution in [2.24, 2.45) is 0 Å². The fraction of sp³-hybridized carbons (Fsp3) is 0.424. The molecular formula is C33H41NO. The fourth-order valence-electron chi connectivity index (χ4n) is 5.96. The predicted molar refractivity (Wildman–Crippen MR) is 150 cm³/mol. The first-order valence-electron chi connectivity index (χ1n) is 13.7. The first-order chi connectivity index (χ1) is 17.1. The third kappa shape index (κ3) is 5.53. The Morgan fingerprint density at radius 2 is 1.29 bits per heavy atom. The summed E-state index contributed by atoms with van der Waals surface area (Å²) in [7, 11) is 0. The van der Waals surface area contributed by atoms with E-state index in [9.17, 15) is 4.79 Å². The number of amides is 1. The summed E-state index contributed by atoms with van der Waals surface area (Å²) in [4.78, 5) is 11.4. The zero-order valence-electron chi connectivity index (χ0n) is 21.8. The van der Waals surface area contributed by atoms with Crippen molar-refractivity contribution < 1.29 is 4.79 Å². The van der Waals surface area contributed by atoms with Crippen molar-refractivity contribution in [3.05, 3.63) is 77.9 Å². The van der Waals surface area contributed by atoms with Crippen LogP contribution in [0, 0.1) is 0 Å². The molecule has 2 heteroatoms. The Hall–Kier alpha value is -2.87. The third-order valence-corrected chi connectivity index (χ3v) is 7.72. The average Bonchev–Trinajstić information content (AvgIpc) is 3.14. The molecule has 1 N–H and O–H groups in total. The number of benzene rings is 3. The molecule has 35 heavy (non-hydrogen) atoms. The van der Waals surface area contributed by atoms with Crippen LogP contribution in [0.2, 0.25) is 0 Å². The van der Waals surface area contributed by atoms with Crippen LogP contribution in [0.5, 0.6) is 0 Å². The molecule has 0 bridgehead atoms. The summed E-state index contributed by atoms with van der Waals surface area (Å²) in [6.45, 7) is 6.14. The van der Waals surface area contributed by atoms with Crippen LogP contribution >= 0.6 is 0 Å². The largest absolute Gasteiger partial charge is 0.326 e. The van der Waals surface area contributed by atoms with Crippen molar-refractivity contribution in [1.29, 1.82) is 0 Å². The van der Waals surface area contributed by atoms with E-state index in [-0.39, 0.29) is 11.3 Å². The third-order valence-electron chi connectivity index (χ3n) is 7.72. The maximum atomic E-state index is 11.4. The van der Waals surface area contributed by atoms with Gasteiger partial charge in [0.1, 0.15) is 0 Å². The number of hydrogen-bond donors (Lipinski definition) is 1. The molecule has 3 aromatic rings. The number of carbonyl (C=O) groups is 1. The van der Waals surface area contributed by atoms with E-state index in [1.54, 1.807) is 12.5 Å². The van der Waals surface area contributed by atoms with E-state index in [0.29, 0.717) is 0 Å². The Bertz CT molecular complexity index is 1120. The second kappa shape index (κ2) is 11.7. The minimum atomic E-state index is -0.0380. The van der Waals surface area contributed by atoms with Crippen molar-refractivity contribution in [1.82, 2.24) is 0 Å². The highest BCUT2D eigenvalue weighted by Gasteiger charge is 2.42. The van der Waals surface area contributed by atoms with Gasteiger partial charge in [-0.05, 0) is 64.4 Å². The van der Waals surface area contributed by atoms with E-state index < -0.39 is 0 Å². The number of carbonyl (C=O) groups excluding carboxylic acids is 1. The molecule has 0 unspecified atom stereocenters. The molecule has 0 atom stereocenters. The monoisotopic (exact) mass is 467 g/mol. The van der Waals surface area contributed by atoms with Crippen molar-refractivity contribution in [2.45, 2.75) is 90.4 Å². The average molecular weight is 468 g/mol. The Kier molecular flexibility index (Phi) is 8.44. The van der Waals surface area contributed by atoms with Gasteiger partial charge in [-0.1, -0.05) is 114 Å². The molecule has 0 aliphatic heterocycles. The van der Waals surface area contributed by atoms with Crippen LogP contribution in [-0.4, -0.2) is 5.91 Å². The van der Waals surface area contributed by atoms with Crippen LogP contribution in [0.4, 0.5) is 5.69 Å². The van der Waals surface area contributed by atoms with Crippen molar-refractivity contribution in [2.75, 3.05) is 5.32 Å². The molecule has 1 aliphatic rings. The lowest BCUT2D eigenvalue weighted by atomic mass is 9.70. The van der Waals surface area contributed by atoms with Crippen LogP contribution in [0.1, 0.15) is 96.1 Å². The maximum absolute atomic E-state index is 11.4. The molecule has 0 radical (unpaired) electrons. The van der Waals surface area contributed by atoms with E-state index >= 15 is 0 Å². The van der Waals surface area contributed by atoms with Gasteiger partial charge in [-0.15, -0.1) is 0 Å². The normalized spacial score (nSPS) is 13.3. The molecule has 0 heterocycles. The molecule has 1 amide bonds.